The van der Waals surface area contributed by atoms with Crippen LogP contribution in [0.5, 0.6) is 5.75 Å². The molecule has 0 aliphatic rings. The summed E-state index contributed by atoms with van der Waals surface area (Å²) in [5.41, 5.74) is 0. The summed E-state index contributed by atoms with van der Waals surface area (Å²) in [4.78, 5) is 35.1. The van der Waals surface area contributed by atoms with Gasteiger partial charge in [-0.2, -0.15) is 0 Å². The van der Waals surface area contributed by atoms with E-state index in [1.807, 2.05) is 19.9 Å². The van der Waals surface area contributed by atoms with Gasteiger partial charge in [-0.3, -0.25) is 10.1 Å². The molecule has 0 heterocycles. The van der Waals surface area contributed by atoms with Crippen molar-refractivity contribution in [3.8, 4) is 5.75 Å². The van der Waals surface area contributed by atoms with E-state index in [0.29, 0.717) is 24.6 Å². The molecule has 0 bridgehead atoms. The summed E-state index contributed by atoms with van der Waals surface area (Å²) in [7, 11) is 0. The quantitative estimate of drug-likeness (QED) is 0.666. The topological polar surface area (TPSA) is 93.7 Å². The Bertz CT molecular complexity index is 560. The Balaban J connectivity index is 2.33. The van der Waals surface area contributed by atoms with Gasteiger partial charge in [-0.15, -0.1) is 0 Å². The molecule has 0 fully saturated rings. The predicted octanol–water partition coefficient (Wildman–Crippen LogP) is 2.26. The first-order valence-corrected chi connectivity index (χ1v) is 8.38. The van der Waals surface area contributed by atoms with Crippen LogP contribution in [0.25, 0.3) is 0 Å². The zero-order valence-electron chi connectivity index (χ0n) is 14.9. The lowest BCUT2D eigenvalue weighted by atomic mass is 10.1. The van der Waals surface area contributed by atoms with Crippen molar-refractivity contribution in [2.24, 2.45) is 5.92 Å². The summed E-state index contributed by atoms with van der Waals surface area (Å²) >= 11 is 0. The Kier molecular flexibility index (Phi) is 9.06. The molecule has 0 spiro atoms. The molecule has 3 amide bonds. The molecule has 1 aromatic rings. The van der Waals surface area contributed by atoms with Crippen LogP contribution in [-0.2, 0) is 14.3 Å². The van der Waals surface area contributed by atoms with Gasteiger partial charge in [0.05, 0.1) is 0 Å². The van der Waals surface area contributed by atoms with Gasteiger partial charge in [0.2, 0.25) is 0 Å². The first-order valence-electron chi connectivity index (χ1n) is 8.38. The fraction of sp³-hybridized carbons (Fsp3) is 0.500. The van der Waals surface area contributed by atoms with Gasteiger partial charge in [0.1, 0.15) is 5.75 Å². The van der Waals surface area contributed by atoms with Crippen LogP contribution in [0.2, 0.25) is 0 Å². The van der Waals surface area contributed by atoms with Crippen molar-refractivity contribution in [1.29, 1.82) is 0 Å². The van der Waals surface area contributed by atoms with E-state index in [-0.39, 0.29) is 0 Å². The van der Waals surface area contributed by atoms with Crippen molar-refractivity contribution in [1.82, 2.24) is 10.6 Å². The normalized spacial score (nSPS) is 11.5. The molecule has 25 heavy (non-hydrogen) atoms. The van der Waals surface area contributed by atoms with Gasteiger partial charge in [0.15, 0.2) is 12.7 Å². The summed E-state index contributed by atoms with van der Waals surface area (Å²) < 4.78 is 10.4. The molecule has 2 N–H and O–H groups in total. The third-order valence-corrected chi connectivity index (χ3v) is 3.26. The molecule has 0 unspecified atom stereocenters. The number of para-hydroxylation sites is 1. The Labute approximate surface area is 148 Å². The highest BCUT2D eigenvalue weighted by Crippen LogP contribution is 2.13. The number of nitrogens with one attached hydrogen (secondary N) is 2. The lowest BCUT2D eigenvalue weighted by Crippen LogP contribution is -2.42. The van der Waals surface area contributed by atoms with E-state index >= 15 is 0 Å². The monoisotopic (exact) mass is 350 g/mol. The largest absolute Gasteiger partial charge is 0.479 e. The summed E-state index contributed by atoms with van der Waals surface area (Å²) in [6.07, 6.45) is 0.395. The molecule has 138 valence electrons. The Morgan fingerprint density at radius 1 is 1.12 bits per heavy atom. The van der Waals surface area contributed by atoms with Gasteiger partial charge in [-0.05, 0) is 30.9 Å². The van der Waals surface area contributed by atoms with Gasteiger partial charge < -0.3 is 14.8 Å². The van der Waals surface area contributed by atoms with Crippen molar-refractivity contribution in [3.05, 3.63) is 30.3 Å². The molecule has 0 radical (unpaired) electrons. The van der Waals surface area contributed by atoms with E-state index in [0.717, 1.165) is 6.42 Å². The van der Waals surface area contributed by atoms with Crippen LogP contribution in [0.1, 0.15) is 33.6 Å². The minimum absolute atomic E-state index is 0.394. The van der Waals surface area contributed by atoms with Crippen LogP contribution in [0, 0.1) is 5.92 Å². The van der Waals surface area contributed by atoms with E-state index in [1.54, 1.807) is 31.2 Å². The van der Waals surface area contributed by atoms with Crippen LogP contribution in [0.3, 0.4) is 0 Å². The van der Waals surface area contributed by atoms with E-state index in [2.05, 4.69) is 10.6 Å². The van der Waals surface area contributed by atoms with Crippen molar-refractivity contribution in [2.45, 2.75) is 39.7 Å². The molecule has 0 aliphatic heterocycles. The van der Waals surface area contributed by atoms with Crippen molar-refractivity contribution < 1.29 is 23.9 Å². The number of amides is 3. The van der Waals surface area contributed by atoms with Crippen LogP contribution < -0.4 is 15.4 Å². The SMILES string of the molecule is CC[C@@H](Oc1ccccc1)C(=O)OCC(=O)NC(=O)NCCC(C)C. The maximum absolute atomic E-state index is 12.0. The Morgan fingerprint density at radius 3 is 2.40 bits per heavy atom. The maximum atomic E-state index is 12.0. The number of carbonyl (C=O) groups is 3. The highest BCUT2D eigenvalue weighted by atomic mass is 16.6. The second-order valence-electron chi connectivity index (χ2n) is 5.92. The van der Waals surface area contributed by atoms with Crippen molar-refractivity contribution >= 4 is 17.9 Å². The van der Waals surface area contributed by atoms with Gasteiger partial charge in [-0.25, -0.2) is 9.59 Å². The van der Waals surface area contributed by atoms with Gasteiger partial charge >= 0.3 is 12.0 Å². The van der Waals surface area contributed by atoms with E-state index in [1.165, 1.54) is 0 Å². The smallest absolute Gasteiger partial charge is 0.347 e. The number of esters is 1. The van der Waals surface area contributed by atoms with Gasteiger partial charge in [0, 0.05) is 6.54 Å². The molecule has 7 nitrogen and oxygen atoms in total. The zero-order chi connectivity index (χ0) is 18.7. The number of urea groups is 1. The fourth-order valence-electron chi connectivity index (χ4n) is 1.87. The zero-order valence-corrected chi connectivity index (χ0v) is 14.9. The first kappa shape index (κ1) is 20.5. The standard InChI is InChI=1S/C18H26N2O5/c1-4-15(25-14-8-6-5-7-9-14)17(22)24-12-16(21)20-18(23)19-11-10-13(2)3/h5-9,13,15H,4,10-12H2,1-3H3,(H2,19,20,21,23)/t15-/m1/s1. The fourth-order valence-corrected chi connectivity index (χ4v) is 1.87. The van der Waals surface area contributed by atoms with Crippen molar-refractivity contribution in [3.63, 3.8) is 0 Å². The van der Waals surface area contributed by atoms with Gasteiger partial charge in [-0.1, -0.05) is 39.0 Å². The molecule has 1 atom stereocenters. The highest BCUT2D eigenvalue weighted by Gasteiger charge is 2.21. The number of ether oxygens (including phenoxy) is 2. The van der Waals surface area contributed by atoms with Crippen LogP contribution in [0.15, 0.2) is 30.3 Å². The molecular weight excluding hydrogens is 324 g/mol. The summed E-state index contributed by atoms with van der Waals surface area (Å²) in [6, 6.07) is 8.27. The molecule has 0 saturated heterocycles. The minimum Gasteiger partial charge on any atom is -0.479 e. The van der Waals surface area contributed by atoms with Crippen LogP contribution in [-0.4, -0.2) is 37.2 Å². The van der Waals surface area contributed by atoms with E-state index < -0.39 is 30.6 Å². The Morgan fingerprint density at radius 2 is 1.80 bits per heavy atom. The lowest BCUT2D eigenvalue weighted by molar-refractivity contribution is -0.155. The predicted molar refractivity (Wildman–Crippen MR) is 93.1 cm³/mol. The molecular formula is C18H26N2O5. The van der Waals surface area contributed by atoms with Crippen molar-refractivity contribution in [2.75, 3.05) is 13.2 Å². The first-order chi connectivity index (χ1) is 11.9. The molecule has 7 heteroatoms. The number of hydrogen-bond donors (Lipinski definition) is 2. The van der Waals surface area contributed by atoms with Crippen LogP contribution >= 0.6 is 0 Å². The highest BCUT2D eigenvalue weighted by molar-refractivity contribution is 5.95. The second kappa shape index (κ2) is 11.1. The second-order valence-corrected chi connectivity index (χ2v) is 5.92. The van der Waals surface area contributed by atoms with Crippen LogP contribution in [0.4, 0.5) is 4.79 Å². The molecule has 1 rings (SSSR count). The number of rotatable bonds is 9. The lowest BCUT2D eigenvalue weighted by Gasteiger charge is -2.16. The average molecular weight is 350 g/mol. The number of carbonyl (C=O) groups excluding carboxylic acids is 3. The van der Waals surface area contributed by atoms with Gasteiger partial charge in [0.25, 0.3) is 5.91 Å². The summed E-state index contributed by atoms with van der Waals surface area (Å²) in [5.74, 6) is -0.348. The van der Waals surface area contributed by atoms with E-state index in [4.69, 9.17) is 9.47 Å². The summed E-state index contributed by atoms with van der Waals surface area (Å²) in [5, 5.41) is 4.67. The molecule has 0 saturated carbocycles. The number of benzene rings is 1. The molecule has 1 aromatic carbocycles. The minimum atomic E-state index is -0.810. The average Bonchev–Trinajstić information content (AvgIpc) is 2.58. The summed E-state index contributed by atoms with van der Waals surface area (Å²) in [6.45, 7) is 5.78. The third kappa shape index (κ3) is 8.74. The van der Waals surface area contributed by atoms with E-state index in [9.17, 15) is 14.4 Å². The Hall–Kier alpha value is -2.57. The number of hydrogen-bond acceptors (Lipinski definition) is 5. The number of imide groups is 1. The molecule has 0 aromatic heterocycles. The molecule has 0 aliphatic carbocycles. The third-order valence-electron chi connectivity index (χ3n) is 3.26. The maximum Gasteiger partial charge on any atom is 0.347 e.